The van der Waals surface area contributed by atoms with Crippen LogP contribution in [0.1, 0.15) is 35.2 Å². The second-order valence-electron chi connectivity index (χ2n) is 6.36. The molecule has 124 valence electrons. The van der Waals surface area contributed by atoms with Crippen LogP contribution in [0.15, 0.2) is 42.5 Å². The van der Waals surface area contributed by atoms with Crippen molar-refractivity contribution in [2.24, 2.45) is 5.92 Å². The Hall–Kier alpha value is -1.84. The molecule has 2 aromatic carbocycles. The predicted molar refractivity (Wildman–Crippen MR) is 94.7 cm³/mol. The third kappa shape index (κ3) is 4.81. The lowest BCUT2D eigenvalue weighted by molar-refractivity contribution is 0.218. The van der Waals surface area contributed by atoms with Gasteiger partial charge in [-0.05, 0) is 61.4 Å². The average Bonchev–Trinajstić information content (AvgIpc) is 2.55. The molecule has 0 heterocycles. The maximum absolute atomic E-state index is 9.83. The summed E-state index contributed by atoms with van der Waals surface area (Å²) < 4.78 is 0. The van der Waals surface area contributed by atoms with Crippen LogP contribution < -0.4 is 5.32 Å². The van der Waals surface area contributed by atoms with Crippen molar-refractivity contribution in [1.82, 2.24) is 5.32 Å². The van der Waals surface area contributed by atoms with Crippen molar-refractivity contribution in [3.63, 3.8) is 0 Å². The Morgan fingerprint density at radius 3 is 2.43 bits per heavy atom. The third-order valence-corrected chi connectivity index (χ3v) is 4.47. The van der Waals surface area contributed by atoms with E-state index in [4.69, 9.17) is 0 Å². The van der Waals surface area contributed by atoms with Gasteiger partial charge in [0, 0.05) is 19.2 Å². The number of phenolic OH excluding ortho intramolecular Hbond substituents is 1. The first-order valence-corrected chi connectivity index (χ1v) is 8.19. The van der Waals surface area contributed by atoms with Crippen molar-refractivity contribution in [2.75, 3.05) is 13.2 Å². The molecule has 2 unspecified atom stereocenters. The quantitative estimate of drug-likeness (QED) is 0.733. The highest BCUT2D eigenvalue weighted by atomic mass is 16.3. The summed E-state index contributed by atoms with van der Waals surface area (Å²) in [4.78, 5) is 0. The van der Waals surface area contributed by atoms with E-state index in [1.165, 1.54) is 11.1 Å². The number of nitrogens with one attached hydrogen (secondary N) is 1. The number of hydrogen-bond acceptors (Lipinski definition) is 3. The van der Waals surface area contributed by atoms with Crippen molar-refractivity contribution in [1.29, 1.82) is 0 Å². The molecule has 3 nitrogen and oxygen atoms in total. The van der Waals surface area contributed by atoms with Crippen molar-refractivity contribution >= 4 is 0 Å². The van der Waals surface area contributed by atoms with Crippen LogP contribution in [0.2, 0.25) is 0 Å². The van der Waals surface area contributed by atoms with E-state index in [2.05, 4.69) is 31.3 Å². The molecule has 2 atom stereocenters. The van der Waals surface area contributed by atoms with E-state index in [-0.39, 0.29) is 18.6 Å². The molecule has 0 spiro atoms. The van der Waals surface area contributed by atoms with E-state index in [9.17, 15) is 10.2 Å². The van der Waals surface area contributed by atoms with E-state index in [0.29, 0.717) is 5.75 Å². The van der Waals surface area contributed by atoms with Crippen LogP contribution in [0.4, 0.5) is 0 Å². The summed E-state index contributed by atoms with van der Waals surface area (Å²) in [6, 6.07) is 14.2. The van der Waals surface area contributed by atoms with E-state index in [0.717, 1.165) is 24.1 Å². The lowest BCUT2D eigenvalue weighted by Crippen LogP contribution is -2.29. The minimum Gasteiger partial charge on any atom is -0.508 e. The fraction of sp³-hybridized carbons (Fsp3) is 0.400. The summed E-state index contributed by atoms with van der Waals surface area (Å²) in [5, 5.41) is 23.0. The smallest absolute Gasteiger partial charge is 0.118 e. The molecular formula is C20H27NO2. The van der Waals surface area contributed by atoms with Gasteiger partial charge >= 0.3 is 0 Å². The molecule has 0 aliphatic heterocycles. The standard InChI is InChI=1S/C20H27NO2/c1-14-6-4-5-7-18(14)10-17(13-22)12-21-16(3)19-9-8-15(2)20(23)11-19/h4-9,11,16-17,21-23H,10,12-13H2,1-3H3. The minimum absolute atomic E-state index is 0.132. The molecule has 0 aliphatic carbocycles. The van der Waals surface area contributed by atoms with Crippen LogP contribution in [0.5, 0.6) is 5.75 Å². The highest BCUT2D eigenvalue weighted by Crippen LogP contribution is 2.22. The average molecular weight is 313 g/mol. The number of benzene rings is 2. The van der Waals surface area contributed by atoms with Crippen LogP contribution in [-0.2, 0) is 6.42 Å². The highest BCUT2D eigenvalue weighted by Gasteiger charge is 2.13. The summed E-state index contributed by atoms with van der Waals surface area (Å²) in [6.07, 6.45) is 0.863. The zero-order valence-corrected chi connectivity index (χ0v) is 14.2. The first-order chi connectivity index (χ1) is 11.0. The van der Waals surface area contributed by atoms with Crippen LogP contribution in [0.25, 0.3) is 0 Å². The maximum Gasteiger partial charge on any atom is 0.118 e. The highest BCUT2D eigenvalue weighted by molar-refractivity contribution is 5.36. The Kier molecular flexibility index (Phi) is 6.20. The van der Waals surface area contributed by atoms with Gasteiger partial charge in [-0.15, -0.1) is 0 Å². The molecule has 0 aliphatic rings. The van der Waals surface area contributed by atoms with Crippen molar-refractivity contribution in [3.8, 4) is 5.75 Å². The largest absolute Gasteiger partial charge is 0.508 e. The number of aromatic hydroxyl groups is 1. The summed E-state index contributed by atoms with van der Waals surface area (Å²) in [5.74, 6) is 0.507. The Morgan fingerprint density at radius 1 is 1.04 bits per heavy atom. The normalized spacial score (nSPS) is 13.7. The zero-order chi connectivity index (χ0) is 16.8. The number of hydrogen-bond donors (Lipinski definition) is 3. The molecule has 3 heteroatoms. The molecule has 2 aromatic rings. The number of aliphatic hydroxyl groups is 1. The maximum atomic E-state index is 9.83. The van der Waals surface area contributed by atoms with Gasteiger partial charge in [-0.3, -0.25) is 0 Å². The molecule has 0 aromatic heterocycles. The van der Waals surface area contributed by atoms with E-state index in [1.54, 1.807) is 0 Å². The van der Waals surface area contributed by atoms with Gasteiger partial charge in [0.05, 0.1) is 0 Å². The fourth-order valence-corrected chi connectivity index (χ4v) is 2.71. The molecule has 0 saturated heterocycles. The number of rotatable bonds is 7. The first-order valence-electron chi connectivity index (χ1n) is 8.19. The van der Waals surface area contributed by atoms with Gasteiger partial charge in [-0.1, -0.05) is 36.4 Å². The van der Waals surface area contributed by atoms with Gasteiger partial charge < -0.3 is 15.5 Å². The zero-order valence-electron chi connectivity index (χ0n) is 14.2. The predicted octanol–water partition coefficient (Wildman–Crippen LogP) is 3.51. The number of phenols is 1. The van der Waals surface area contributed by atoms with Crippen LogP contribution >= 0.6 is 0 Å². The Labute approximate surface area is 139 Å². The third-order valence-electron chi connectivity index (χ3n) is 4.47. The van der Waals surface area contributed by atoms with Gasteiger partial charge in [-0.2, -0.15) is 0 Å². The van der Waals surface area contributed by atoms with Gasteiger partial charge in [0.1, 0.15) is 5.75 Å². The van der Waals surface area contributed by atoms with Gasteiger partial charge in [0.15, 0.2) is 0 Å². The fourth-order valence-electron chi connectivity index (χ4n) is 2.71. The van der Waals surface area contributed by atoms with Crippen LogP contribution in [0.3, 0.4) is 0 Å². The second kappa shape index (κ2) is 8.14. The molecule has 0 bridgehead atoms. The lowest BCUT2D eigenvalue weighted by Gasteiger charge is -2.20. The van der Waals surface area contributed by atoms with E-state index < -0.39 is 0 Å². The van der Waals surface area contributed by atoms with E-state index in [1.807, 2.05) is 37.3 Å². The van der Waals surface area contributed by atoms with Crippen molar-refractivity contribution in [3.05, 3.63) is 64.7 Å². The summed E-state index contributed by atoms with van der Waals surface area (Å²) in [6.45, 7) is 6.97. The molecule has 2 rings (SSSR count). The molecule has 0 radical (unpaired) electrons. The van der Waals surface area contributed by atoms with E-state index >= 15 is 0 Å². The number of aryl methyl sites for hydroxylation is 2. The Bertz CT molecular complexity index is 639. The SMILES string of the molecule is Cc1ccc(C(C)NCC(CO)Cc2ccccc2C)cc1O. The topological polar surface area (TPSA) is 52.5 Å². The van der Waals surface area contributed by atoms with Crippen LogP contribution in [0, 0.1) is 19.8 Å². The Balaban J connectivity index is 1.94. The first kappa shape index (κ1) is 17.5. The molecule has 3 N–H and O–H groups in total. The van der Waals surface area contributed by atoms with Crippen molar-refractivity contribution < 1.29 is 10.2 Å². The van der Waals surface area contributed by atoms with Crippen LogP contribution in [-0.4, -0.2) is 23.4 Å². The molecule has 0 saturated carbocycles. The van der Waals surface area contributed by atoms with Gasteiger partial charge in [0.25, 0.3) is 0 Å². The molecule has 0 fully saturated rings. The second-order valence-corrected chi connectivity index (χ2v) is 6.36. The summed E-state index contributed by atoms with van der Waals surface area (Å²) in [7, 11) is 0. The van der Waals surface area contributed by atoms with Gasteiger partial charge in [-0.25, -0.2) is 0 Å². The monoisotopic (exact) mass is 313 g/mol. The summed E-state index contributed by atoms with van der Waals surface area (Å²) in [5.41, 5.74) is 4.49. The van der Waals surface area contributed by atoms with Crippen molar-refractivity contribution in [2.45, 2.75) is 33.2 Å². The lowest BCUT2D eigenvalue weighted by atomic mass is 9.96. The minimum atomic E-state index is 0.132. The number of aliphatic hydroxyl groups excluding tert-OH is 1. The molecule has 0 amide bonds. The summed E-state index contributed by atoms with van der Waals surface area (Å²) >= 11 is 0. The molecule has 23 heavy (non-hydrogen) atoms. The Morgan fingerprint density at radius 2 is 1.78 bits per heavy atom. The van der Waals surface area contributed by atoms with Gasteiger partial charge in [0.2, 0.25) is 0 Å². The molecular weight excluding hydrogens is 286 g/mol.